The topological polar surface area (TPSA) is 73.6 Å². The van der Waals surface area contributed by atoms with E-state index in [1.165, 1.54) is 0 Å². The maximum atomic E-state index is 11.4. The molecule has 0 aliphatic carbocycles. The zero-order chi connectivity index (χ0) is 13.8. The molecule has 5 nitrogen and oxygen atoms in total. The summed E-state index contributed by atoms with van der Waals surface area (Å²) in [5, 5.41) is 2.95. The van der Waals surface area contributed by atoms with Crippen LogP contribution in [-0.4, -0.2) is 25.2 Å². The quantitative estimate of drug-likeness (QED) is 0.633. The molecule has 18 heavy (non-hydrogen) atoms. The normalized spacial score (nSPS) is 10.9. The molecule has 0 amide bonds. The first-order chi connectivity index (χ1) is 8.31. The number of nitrogen functional groups attached to an aromatic ring is 1. The van der Waals surface area contributed by atoms with Gasteiger partial charge in [-0.3, -0.25) is 0 Å². The molecule has 0 heterocycles. The van der Waals surface area contributed by atoms with E-state index in [1.807, 2.05) is 20.8 Å². The molecule has 1 aromatic carbocycles. The fourth-order valence-electron chi connectivity index (χ4n) is 1.37. The molecule has 0 atom stereocenters. The van der Waals surface area contributed by atoms with Gasteiger partial charge < -0.3 is 20.5 Å². The first-order valence-corrected chi connectivity index (χ1v) is 5.74. The highest BCUT2D eigenvalue weighted by Crippen LogP contribution is 2.23. The summed E-state index contributed by atoms with van der Waals surface area (Å²) in [5.41, 5.74) is 6.66. The monoisotopic (exact) mass is 252 g/mol. The van der Waals surface area contributed by atoms with Gasteiger partial charge in [0.15, 0.2) is 6.61 Å². The Hall–Kier alpha value is -1.91. The minimum Gasteiger partial charge on any atom is -0.482 e. The van der Waals surface area contributed by atoms with Gasteiger partial charge in [0.2, 0.25) is 0 Å². The smallest absolute Gasteiger partial charge is 0.344 e. The van der Waals surface area contributed by atoms with Crippen LogP contribution in [0.4, 0.5) is 11.4 Å². The standard InChI is InChI=1S/C13H20N2O3/c1-13(2,3)18-12(16)8-17-9-5-6-11(15-4)10(14)7-9/h5-7,15H,8,14H2,1-4H3. The summed E-state index contributed by atoms with van der Waals surface area (Å²) in [6.45, 7) is 5.30. The van der Waals surface area contributed by atoms with Gasteiger partial charge in [0.05, 0.1) is 11.4 Å². The van der Waals surface area contributed by atoms with E-state index in [9.17, 15) is 4.79 Å². The predicted octanol–water partition coefficient (Wildman–Crippen LogP) is 2.03. The fraction of sp³-hybridized carbons (Fsp3) is 0.462. The number of carbonyl (C=O) groups is 1. The zero-order valence-electron chi connectivity index (χ0n) is 11.2. The third kappa shape index (κ3) is 4.53. The lowest BCUT2D eigenvalue weighted by atomic mass is 10.2. The largest absolute Gasteiger partial charge is 0.482 e. The van der Waals surface area contributed by atoms with Crippen molar-refractivity contribution >= 4 is 17.3 Å². The highest BCUT2D eigenvalue weighted by Gasteiger charge is 2.16. The molecular weight excluding hydrogens is 232 g/mol. The summed E-state index contributed by atoms with van der Waals surface area (Å²) in [5.74, 6) is 0.135. The lowest BCUT2D eigenvalue weighted by molar-refractivity contribution is -0.157. The highest BCUT2D eigenvalue weighted by molar-refractivity contribution is 5.72. The number of ether oxygens (including phenoxy) is 2. The van der Waals surface area contributed by atoms with Crippen LogP contribution in [0.25, 0.3) is 0 Å². The van der Waals surface area contributed by atoms with E-state index in [4.69, 9.17) is 15.2 Å². The number of nitrogens with two attached hydrogens (primary N) is 1. The molecule has 0 saturated heterocycles. The van der Waals surface area contributed by atoms with Gasteiger partial charge in [0.1, 0.15) is 11.4 Å². The molecule has 0 unspecified atom stereocenters. The first kappa shape index (κ1) is 14.2. The fourth-order valence-corrected chi connectivity index (χ4v) is 1.37. The van der Waals surface area contributed by atoms with Crippen LogP contribution < -0.4 is 15.8 Å². The van der Waals surface area contributed by atoms with Crippen molar-refractivity contribution in [3.8, 4) is 5.75 Å². The van der Waals surface area contributed by atoms with Gasteiger partial charge >= 0.3 is 5.97 Å². The highest BCUT2D eigenvalue weighted by atomic mass is 16.6. The van der Waals surface area contributed by atoms with E-state index >= 15 is 0 Å². The molecule has 0 fully saturated rings. The number of anilines is 2. The van der Waals surface area contributed by atoms with E-state index in [1.54, 1.807) is 25.2 Å². The Kier molecular flexibility index (Phi) is 4.42. The van der Waals surface area contributed by atoms with Crippen molar-refractivity contribution in [2.75, 3.05) is 24.7 Å². The molecule has 0 spiro atoms. The average molecular weight is 252 g/mol. The maximum absolute atomic E-state index is 11.4. The van der Waals surface area contributed by atoms with Gasteiger partial charge in [-0.25, -0.2) is 4.79 Å². The Balaban J connectivity index is 2.54. The van der Waals surface area contributed by atoms with E-state index < -0.39 is 11.6 Å². The van der Waals surface area contributed by atoms with E-state index in [2.05, 4.69) is 5.32 Å². The van der Waals surface area contributed by atoms with Crippen molar-refractivity contribution in [3.63, 3.8) is 0 Å². The minimum absolute atomic E-state index is 0.129. The molecule has 0 bridgehead atoms. The summed E-state index contributed by atoms with van der Waals surface area (Å²) in [6, 6.07) is 5.20. The summed E-state index contributed by atoms with van der Waals surface area (Å²) in [4.78, 5) is 11.4. The Morgan fingerprint density at radius 2 is 2.06 bits per heavy atom. The Morgan fingerprint density at radius 1 is 1.39 bits per heavy atom. The maximum Gasteiger partial charge on any atom is 0.344 e. The average Bonchev–Trinajstić information content (AvgIpc) is 2.24. The van der Waals surface area contributed by atoms with Crippen LogP contribution in [0.1, 0.15) is 20.8 Å². The first-order valence-electron chi connectivity index (χ1n) is 5.74. The van der Waals surface area contributed by atoms with Gasteiger partial charge in [-0.2, -0.15) is 0 Å². The van der Waals surface area contributed by atoms with Crippen molar-refractivity contribution in [1.82, 2.24) is 0 Å². The molecule has 0 aliphatic heterocycles. The summed E-state index contributed by atoms with van der Waals surface area (Å²) in [7, 11) is 1.78. The zero-order valence-corrected chi connectivity index (χ0v) is 11.2. The molecule has 0 aromatic heterocycles. The third-order valence-electron chi connectivity index (χ3n) is 2.07. The van der Waals surface area contributed by atoms with Crippen LogP contribution >= 0.6 is 0 Å². The Labute approximate surface area is 107 Å². The van der Waals surface area contributed by atoms with Gasteiger partial charge in [-0.1, -0.05) is 0 Å². The van der Waals surface area contributed by atoms with Crippen molar-refractivity contribution < 1.29 is 14.3 Å². The van der Waals surface area contributed by atoms with E-state index in [-0.39, 0.29) is 6.61 Å². The van der Waals surface area contributed by atoms with Crippen LogP contribution in [-0.2, 0) is 9.53 Å². The summed E-state index contributed by atoms with van der Waals surface area (Å²) < 4.78 is 10.4. The van der Waals surface area contributed by atoms with Crippen LogP contribution in [0.3, 0.4) is 0 Å². The second-order valence-corrected chi connectivity index (χ2v) is 4.87. The number of nitrogens with one attached hydrogen (secondary N) is 1. The van der Waals surface area contributed by atoms with Crippen molar-refractivity contribution in [2.24, 2.45) is 0 Å². The molecule has 0 saturated carbocycles. The van der Waals surface area contributed by atoms with Gasteiger partial charge in [0.25, 0.3) is 0 Å². The van der Waals surface area contributed by atoms with Crippen LogP contribution in [0.15, 0.2) is 18.2 Å². The number of hydrogen-bond donors (Lipinski definition) is 2. The molecular formula is C13H20N2O3. The number of benzene rings is 1. The lowest BCUT2D eigenvalue weighted by Gasteiger charge is -2.19. The van der Waals surface area contributed by atoms with Gasteiger partial charge in [-0.05, 0) is 32.9 Å². The third-order valence-corrected chi connectivity index (χ3v) is 2.07. The second kappa shape index (κ2) is 5.62. The van der Waals surface area contributed by atoms with Gasteiger partial charge in [-0.15, -0.1) is 0 Å². The van der Waals surface area contributed by atoms with E-state index in [0.717, 1.165) is 5.69 Å². The number of hydrogen-bond acceptors (Lipinski definition) is 5. The van der Waals surface area contributed by atoms with Crippen LogP contribution in [0, 0.1) is 0 Å². The number of rotatable bonds is 4. The number of carbonyl (C=O) groups excluding carboxylic acids is 1. The van der Waals surface area contributed by atoms with Crippen LogP contribution in [0.2, 0.25) is 0 Å². The summed E-state index contributed by atoms with van der Waals surface area (Å²) in [6.07, 6.45) is 0. The molecule has 100 valence electrons. The van der Waals surface area contributed by atoms with Crippen LogP contribution in [0.5, 0.6) is 5.75 Å². The Morgan fingerprint density at radius 3 is 2.56 bits per heavy atom. The SMILES string of the molecule is CNc1ccc(OCC(=O)OC(C)(C)C)cc1N. The molecule has 5 heteroatoms. The molecule has 3 N–H and O–H groups in total. The Bertz CT molecular complexity index is 425. The number of esters is 1. The van der Waals surface area contributed by atoms with Gasteiger partial charge in [0, 0.05) is 13.1 Å². The van der Waals surface area contributed by atoms with Crippen molar-refractivity contribution in [1.29, 1.82) is 0 Å². The van der Waals surface area contributed by atoms with Crippen molar-refractivity contribution in [3.05, 3.63) is 18.2 Å². The molecule has 0 aliphatic rings. The second-order valence-electron chi connectivity index (χ2n) is 4.87. The van der Waals surface area contributed by atoms with E-state index in [0.29, 0.717) is 11.4 Å². The predicted molar refractivity (Wildman–Crippen MR) is 71.7 cm³/mol. The molecule has 1 aromatic rings. The molecule has 1 rings (SSSR count). The minimum atomic E-state index is -0.505. The summed E-state index contributed by atoms with van der Waals surface area (Å²) >= 11 is 0. The van der Waals surface area contributed by atoms with Crippen molar-refractivity contribution in [2.45, 2.75) is 26.4 Å². The lowest BCUT2D eigenvalue weighted by Crippen LogP contribution is -2.27. The molecule has 0 radical (unpaired) electrons.